The van der Waals surface area contributed by atoms with Crippen LogP contribution < -0.4 is 0 Å². The second-order valence-electron chi connectivity index (χ2n) is 6.99. The second-order valence-corrected chi connectivity index (χ2v) is 8.15. The number of aliphatic hydroxyl groups excluding tert-OH is 1. The molecule has 1 aliphatic carbocycles. The summed E-state index contributed by atoms with van der Waals surface area (Å²) in [5.41, 5.74) is 2.55. The summed E-state index contributed by atoms with van der Waals surface area (Å²) in [5.74, 6) is 0.508. The Morgan fingerprint density at radius 2 is 2.17 bits per heavy atom. The molecule has 0 unspecified atom stereocenters. The number of hydrogen-bond acceptors (Lipinski definition) is 5. The van der Waals surface area contributed by atoms with Gasteiger partial charge in [-0.25, -0.2) is 4.98 Å². The smallest absolute Gasteiger partial charge is 0.107 e. The summed E-state index contributed by atoms with van der Waals surface area (Å²) >= 11 is 1.94. The Labute approximate surface area is 147 Å². The van der Waals surface area contributed by atoms with Gasteiger partial charge in [-0.15, -0.1) is 11.3 Å². The Bertz CT molecular complexity index is 657. The number of rotatable bonds is 5. The molecule has 0 bridgehead atoms. The largest absolute Gasteiger partial charge is 0.394 e. The fraction of sp³-hybridized carbons (Fsp3) is 0.667. The molecule has 2 aromatic rings. The van der Waals surface area contributed by atoms with Crippen LogP contribution in [-0.4, -0.2) is 44.5 Å². The van der Waals surface area contributed by atoms with Gasteiger partial charge in [-0.05, 0) is 51.1 Å². The number of fused-ring (bicyclic) bond motifs is 1. The summed E-state index contributed by atoms with van der Waals surface area (Å²) < 4.78 is 1.85. The van der Waals surface area contributed by atoms with Gasteiger partial charge < -0.3 is 5.11 Å². The number of aromatic nitrogens is 3. The lowest BCUT2D eigenvalue weighted by molar-refractivity contribution is 0.197. The van der Waals surface area contributed by atoms with Crippen molar-refractivity contribution >= 4 is 11.3 Å². The van der Waals surface area contributed by atoms with Gasteiger partial charge >= 0.3 is 0 Å². The molecule has 6 heteroatoms. The van der Waals surface area contributed by atoms with Crippen LogP contribution in [-0.2, 0) is 25.9 Å². The van der Waals surface area contributed by atoms with Gasteiger partial charge in [0.1, 0.15) is 5.01 Å². The number of likely N-dealkylation sites (tertiary alicyclic amines) is 1. The van der Waals surface area contributed by atoms with E-state index in [2.05, 4.69) is 16.1 Å². The molecule has 1 saturated heterocycles. The molecular formula is C18H26N4OS. The van der Waals surface area contributed by atoms with Gasteiger partial charge in [0.15, 0.2) is 0 Å². The molecule has 0 aromatic carbocycles. The van der Waals surface area contributed by atoms with Crippen molar-refractivity contribution in [2.45, 2.75) is 57.5 Å². The zero-order chi connectivity index (χ0) is 16.4. The fourth-order valence-corrected chi connectivity index (χ4v) is 5.13. The topological polar surface area (TPSA) is 54.2 Å². The maximum absolute atomic E-state index is 9.04. The lowest BCUT2D eigenvalue weighted by atomic mass is 9.95. The highest BCUT2D eigenvalue weighted by atomic mass is 32.1. The van der Waals surface area contributed by atoms with Crippen molar-refractivity contribution in [3.63, 3.8) is 0 Å². The standard InChI is InChI=1S/C18H26N4OS/c23-11-10-22-9-7-15(20-22)14-4-3-8-21(12-14)13-18-19-16-5-1-2-6-17(16)24-18/h7,9,14,23H,1-6,8,10-13H2/t14-/m1/s1. The molecule has 24 heavy (non-hydrogen) atoms. The van der Waals surface area contributed by atoms with Crippen LogP contribution in [0, 0.1) is 0 Å². The Hall–Kier alpha value is -1.24. The molecule has 1 fully saturated rings. The van der Waals surface area contributed by atoms with Gasteiger partial charge in [-0.1, -0.05) is 0 Å². The summed E-state index contributed by atoms with van der Waals surface area (Å²) in [4.78, 5) is 8.98. The zero-order valence-corrected chi connectivity index (χ0v) is 15.0. The maximum Gasteiger partial charge on any atom is 0.107 e. The highest BCUT2D eigenvalue weighted by Gasteiger charge is 2.24. The van der Waals surface area contributed by atoms with Crippen molar-refractivity contribution in [1.29, 1.82) is 0 Å². The van der Waals surface area contributed by atoms with E-state index in [1.165, 1.54) is 59.8 Å². The van der Waals surface area contributed by atoms with E-state index in [4.69, 9.17) is 10.1 Å². The fourth-order valence-electron chi connectivity index (χ4n) is 3.93. The van der Waals surface area contributed by atoms with Gasteiger partial charge in [0.05, 0.1) is 31.1 Å². The van der Waals surface area contributed by atoms with Crippen LogP contribution in [0.4, 0.5) is 0 Å². The number of piperidine rings is 1. The number of aliphatic hydroxyl groups is 1. The first kappa shape index (κ1) is 16.2. The van der Waals surface area contributed by atoms with E-state index in [1.807, 2.05) is 22.2 Å². The highest BCUT2D eigenvalue weighted by Crippen LogP contribution is 2.30. The number of aryl methyl sites for hydroxylation is 2. The molecule has 0 saturated carbocycles. The van der Waals surface area contributed by atoms with E-state index in [0.29, 0.717) is 12.5 Å². The average Bonchev–Trinajstić information content (AvgIpc) is 3.21. The predicted molar refractivity (Wildman–Crippen MR) is 95.3 cm³/mol. The first-order chi connectivity index (χ1) is 11.8. The van der Waals surface area contributed by atoms with Gasteiger partial charge in [-0.3, -0.25) is 9.58 Å². The van der Waals surface area contributed by atoms with E-state index >= 15 is 0 Å². The summed E-state index contributed by atoms with van der Waals surface area (Å²) in [6.45, 7) is 3.96. The van der Waals surface area contributed by atoms with Crippen LogP contribution in [0.15, 0.2) is 12.3 Å². The van der Waals surface area contributed by atoms with Crippen LogP contribution >= 0.6 is 11.3 Å². The Kier molecular flexibility index (Phi) is 4.96. The Morgan fingerprint density at radius 1 is 1.25 bits per heavy atom. The minimum absolute atomic E-state index is 0.145. The van der Waals surface area contributed by atoms with Crippen molar-refractivity contribution in [1.82, 2.24) is 19.7 Å². The minimum atomic E-state index is 0.145. The Morgan fingerprint density at radius 3 is 3.04 bits per heavy atom. The van der Waals surface area contributed by atoms with Crippen LogP contribution in [0.1, 0.15) is 52.9 Å². The van der Waals surface area contributed by atoms with Gasteiger partial charge in [0.25, 0.3) is 0 Å². The van der Waals surface area contributed by atoms with Crippen molar-refractivity contribution in [3.05, 3.63) is 33.5 Å². The SMILES string of the molecule is OCCn1ccc([C@@H]2CCCN(Cc3nc4c(s3)CCCC4)C2)n1. The van der Waals surface area contributed by atoms with E-state index in [1.54, 1.807) is 0 Å². The van der Waals surface area contributed by atoms with Crippen LogP contribution in [0.25, 0.3) is 0 Å². The number of hydrogen-bond donors (Lipinski definition) is 1. The second kappa shape index (κ2) is 7.33. The molecule has 0 spiro atoms. The first-order valence-electron chi connectivity index (χ1n) is 9.16. The van der Waals surface area contributed by atoms with E-state index in [0.717, 1.165) is 19.6 Å². The molecule has 4 rings (SSSR count). The van der Waals surface area contributed by atoms with E-state index < -0.39 is 0 Å². The van der Waals surface area contributed by atoms with E-state index in [9.17, 15) is 0 Å². The zero-order valence-electron chi connectivity index (χ0n) is 14.2. The van der Waals surface area contributed by atoms with Gasteiger partial charge in [0, 0.05) is 23.5 Å². The monoisotopic (exact) mass is 346 g/mol. The molecule has 1 aliphatic heterocycles. The van der Waals surface area contributed by atoms with Crippen molar-refractivity contribution in [3.8, 4) is 0 Å². The maximum atomic E-state index is 9.04. The summed E-state index contributed by atoms with van der Waals surface area (Å²) in [6, 6.07) is 2.12. The molecule has 2 aromatic heterocycles. The lowest BCUT2D eigenvalue weighted by Crippen LogP contribution is -2.34. The summed E-state index contributed by atoms with van der Waals surface area (Å²) in [7, 11) is 0. The van der Waals surface area contributed by atoms with Crippen molar-refractivity contribution in [2.75, 3.05) is 19.7 Å². The van der Waals surface area contributed by atoms with Crippen molar-refractivity contribution < 1.29 is 5.11 Å². The normalized spacial score (nSPS) is 21.8. The Balaban J connectivity index is 1.40. The van der Waals surface area contributed by atoms with Crippen LogP contribution in [0.3, 0.4) is 0 Å². The average molecular weight is 347 g/mol. The molecular weight excluding hydrogens is 320 g/mol. The molecule has 0 amide bonds. The summed E-state index contributed by atoms with van der Waals surface area (Å²) in [5, 5.41) is 15.0. The van der Waals surface area contributed by atoms with Crippen molar-refractivity contribution in [2.24, 2.45) is 0 Å². The minimum Gasteiger partial charge on any atom is -0.394 e. The molecule has 2 aliphatic rings. The molecule has 130 valence electrons. The van der Waals surface area contributed by atoms with Crippen LogP contribution in [0.2, 0.25) is 0 Å². The van der Waals surface area contributed by atoms with E-state index in [-0.39, 0.29) is 6.61 Å². The highest BCUT2D eigenvalue weighted by molar-refractivity contribution is 7.11. The number of thiazole rings is 1. The quantitative estimate of drug-likeness (QED) is 0.904. The molecule has 1 atom stereocenters. The van der Waals surface area contributed by atoms with Gasteiger partial charge in [0.2, 0.25) is 0 Å². The van der Waals surface area contributed by atoms with Crippen LogP contribution in [0.5, 0.6) is 0 Å². The predicted octanol–water partition coefficient (Wildman–Crippen LogP) is 2.59. The first-order valence-corrected chi connectivity index (χ1v) is 9.97. The summed E-state index contributed by atoms with van der Waals surface area (Å²) in [6.07, 6.45) is 9.47. The third-order valence-corrected chi connectivity index (χ3v) is 6.31. The van der Waals surface area contributed by atoms with Gasteiger partial charge in [-0.2, -0.15) is 5.10 Å². The number of nitrogens with zero attached hydrogens (tertiary/aromatic N) is 4. The molecule has 1 N–H and O–H groups in total. The third kappa shape index (κ3) is 3.55. The molecule has 5 nitrogen and oxygen atoms in total. The third-order valence-electron chi connectivity index (χ3n) is 5.16. The molecule has 0 radical (unpaired) electrons. The molecule has 3 heterocycles. The lowest BCUT2D eigenvalue weighted by Gasteiger charge is -2.31.